The summed E-state index contributed by atoms with van der Waals surface area (Å²) >= 11 is 1.42. The van der Waals surface area contributed by atoms with Crippen molar-refractivity contribution >= 4 is 27.9 Å². The molecule has 3 rings (SSSR count). The number of hydrogen-bond acceptors (Lipinski definition) is 5. The average molecular weight is 327 g/mol. The number of benzene rings is 1. The highest BCUT2D eigenvalue weighted by Gasteiger charge is 2.24. The number of nitro groups is 1. The van der Waals surface area contributed by atoms with Crippen LogP contribution in [0.4, 0.5) is 10.7 Å². The molecule has 0 bridgehead atoms. The Hall–Kier alpha value is -2.72. The number of nitro benzene ring substituents is 1. The molecule has 1 N–H and O–H groups in total. The van der Waals surface area contributed by atoms with Gasteiger partial charge in [-0.15, -0.1) is 11.3 Å². The summed E-state index contributed by atoms with van der Waals surface area (Å²) in [5.74, 6) is -0.440. The maximum Gasteiger partial charge on any atom is 0.273 e. The van der Waals surface area contributed by atoms with Gasteiger partial charge in [-0.25, -0.2) is 0 Å². The Morgan fingerprint density at radius 1 is 1.43 bits per heavy atom. The summed E-state index contributed by atoms with van der Waals surface area (Å²) in [5, 5.41) is 23.6. The monoisotopic (exact) mass is 327 g/mol. The van der Waals surface area contributed by atoms with Crippen LogP contribution >= 0.6 is 11.3 Å². The van der Waals surface area contributed by atoms with E-state index in [2.05, 4.69) is 11.4 Å². The van der Waals surface area contributed by atoms with E-state index in [0.29, 0.717) is 16.1 Å². The van der Waals surface area contributed by atoms with Crippen LogP contribution in [0.1, 0.15) is 38.3 Å². The van der Waals surface area contributed by atoms with Crippen molar-refractivity contribution in [2.75, 3.05) is 5.32 Å². The third-order valence-corrected chi connectivity index (χ3v) is 5.14. The molecule has 0 aliphatic heterocycles. The van der Waals surface area contributed by atoms with Crippen LogP contribution in [0.2, 0.25) is 0 Å². The summed E-state index contributed by atoms with van der Waals surface area (Å²) in [5.41, 5.74) is 2.17. The molecule has 1 amide bonds. The number of carbonyl (C=O) groups excluding carboxylic acids is 1. The molecule has 23 heavy (non-hydrogen) atoms. The number of aryl methyl sites for hydroxylation is 2. The lowest BCUT2D eigenvalue weighted by atomic mass is 10.1. The predicted molar refractivity (Wildman–Crippen MR) is 86.8 cm³/mol. The van der Waals surface area contributed by atoms with Crippen LogP contribution < -0.4 is 5.32 Å². The molecule has 0 radical (unpaired) electrons. The Balaban J connectivity index is 1.90. The molecule has 1 aromatic carbocycles. The molecular formula is C16H13N3O3S. The van der Waals surface area contributed by atoms with Crippen molar-refractivity contribution in [2.24, 2.45) is 0 Å². The molecule has 1 aromatic heterocycles. The number of rotatable bonds is 3. The molecule has 1 aliphatic carbocycles. The smallest absolute Gasteiger partial charge is 0.273 e. The quantitative estimate of drug-likeness (QED) is 0.688. The highest BCUT2D eigenvalue weighted by Crippen LogP contribution is 2.38. The van der Waals surface area contributed by atoms with Crippen molar-refractivity contribution in [3.8, 4) is 6.07 Å². The van der Waals surface area contributed by atoms with Crippen LogP contribution in [-0.4, -0.2) is 10.8 Å². The van der Waals surface area contributed by atoms with E-state index >= 15 is 0 Å². The van der Waals surface area contributed by atoms with Gasteiger partial charge in [0.15, 0.2) is 0 Å². The molecule has 1 heterocycles. The first-order chi connectivity index (χ1) is 11.0. The molecule has 0 spiro atoms. The topological polar surface area (TPSA) is 96.0 Å². The van der Waals surface area contributed by atoms with E-state index in [1.54, 1.807) is 19.1 Å². The molecule has 0 saturated carbocycles. The van der Waals surface area contributed by atoms with Gasteiger partial charge in [0.25, 0.3) is 11.6 Å². The van der Waals surface area contributed by atoms with E-state index in [1.165, 1.54) is 17.4 Å². The highest BCUT2D eigenvalue weighted by molar-refractivity contribution is 7.16. The van der Waals surface area contributed by atoms with Gasteiger partial charge in [-0.1, -0.05) is 6.07 Å². The van der Waals surface area contributed by atoms with Gasteiger partial charge in [-0.2, -0.15) is 5.26 Å². The fraction of sp³-hybridized carbons (Fsp3) is 0.250. The number of anilines is 1. The second-order valence-electron chi connectivity index (χ2n) is 5.39. The summed E-state index contributed by atoms with van der Waals surface area (Å²) in [7, 11) is 0. The largest absolute Gasteiger partial charge is 0.312 e. The second kappa shape index (κ2) is 5.82. The summed E-state index contributed by atoms with van der Waals surface area (Å²) in [6, 6.07) is 6.52. The highest BCUT2D eigenvalue weighted by atomic mass is 32.1. The minimum absolute atomic E-state index is 0.0909. The molecule has 2 aromatic rings. The Morgan fingerprint density at radius 3 is 2.91 bits per heavy atom. The first kappa shape index (κ1) is 15.2. The van der Waals surface area contributed by atoms with E-state index < -0.39 is 10.8 Å². The van der Waals surface area contributed by atoms with Gasteiger partial charge in [0.1, 0.15) is 11.1 Å². The van der Waals surface area contributed by atoms with Gasteiger partial charge in [-0.3, -0.25) is 14.9 Å². The SMILES string of the molecule is Cc1ccc(C(=O)Nc2sc3c(c2C#N)CCC3)cc1[N+](=O)[O-]. The summed E-state index contributed by atoms with van der Waals surface area (Å²) < 4.78 is 0. The average Bonchev–Trinajstić information content (AvgIpc) is 3.07. The molecule has 1 aliphatic rings. The maximum absolute atomic E-state index is 12.4. The second-order valence-corrected chi connectivity index (χ2v) is 6.49. The number of thiophene rings is 1. The van der Waals surface area contributed by atoms with Gasteiger partial charge < -0.3 is 5.32 Å². The van der Waals surface area contributed by atoms with E-state index in [-0.39, 0.29) is 11.3 Å². The standard InChI is InChI=1S/C16H13N3O3S/c1-9-5-6-10(7-13(9)19(21)22)15(20)18-16-12(8-17)11-3-2-4-14(11)23-16/h5-7H,2-4H2,1H3,(H,18,20). The van der Waals surface area contributed by atoms with Gasteiger partial charge in [0.05, 0.1) is 10.5 Å². The Labute approximate surface area is 136 Å². The van der Waals surface area contributed by atoms with Crippen molar-refractivity contribution in [3.05, 3.63) is 55.4 Å². The zero-order valence-corrected chi connectivity index (χ0v) is 13.2. The number of nitrogens with one attached hydrogen (secondary N) is 1. The number of fused-ring (bicyclic) bond motifs is 1. The third kappa shape index (κ3) is 2.69. The van der Waals surface area contributed by atoms with Crippen LogP contribution in [0.15, 0.2) is 18.2 Å². The lowest BCUT2D eigenvalue weighted by Gasteiger charge is -2.05. The van der Waals surface area contributed by atoms with Gasteiger partial charge in [0, 0.05) is 22.1 Å². The minimum Gasteiger partial charge on any atom is -0.312 e. The fourth-order valence-corrected chi connectivity index (χ4v) is 3.97. The van der Waals surface area contributed by atoms with Crippen molar-refractivity contribution in [1.82, 2.24) is 0 Å². The van der Waals surface area contributed by atoms with Crippen molar-refractivity contribution in [1.29, 1.82) is 5.26 Å². The van der Waals surface area contributed by atoms with Gasteiger partial charge in [0.2, 0.25) is 0 Å². The van der Waals surface area contributed by atoms with Gasteiger partial charge in [-0.05, 0) is 37.8 Å². The van der Waals surface area contributed by atoms with Crippen molar-refractivity contribution < 1.29 is 9.72 Å². The molecule has 0 unspecified atom stereocenters. The predicted octanol–water partition coefficient (Wildman–Crippen LogP) is 3.58. The molecule has 116 valence electrons. The molecule has 0 saturated heterocycles. The van der Waals surface area contributed by atoms with E-state index in [0.717, 1.165) is 29.7 Å². The van der Waals surface area contributed by atoms with Crippen LogP contribution in [0.25, 0.3) is 0 Å². The van der Waals surface area contributed by atoms with E-state index in [4.69, 9.17) is 0 Å². The molecule has 6 nitrogen and oxygen atoms in total. The number of nitrogens with zero attached hydrogens (tertiary/aromatic N) is 2. The maximum atomic E-state index is 12.4. The van der Waals surface area contributed by atoms with Crippen molar-refractivity contribution in [2.45, 2.75) is 26.2 Å². The zero-order valence-electron chi connectivity index (χ0n) is 12.4. The first-order valence-corrected chi connectivity index (χ1v) is 7.94. The normalized spacial score (nSPS) is 12.5. The Kier molecular flexibility index (Phi) is 3.84. The summed E-state index contributed by atoms with van der Waals surface area (Å²) in [6.07, 6.45) is 2.83. The molecule has 0 fully saturated rings. The number of carbonyl (C=O) groups is 1. The first-order valence-electron chi connectivity index (χ1n) is 7.12. The van der Waals surface area contributed by atoms with Crippen LogP contribution in [0.3, 0.4) is 0 Å². The van der Waals surface area contributed by atoms with Gasteiger partial charge >= 0.3 is 0 Å². The lowest BCUT2D eigenvalue weighted by molar-refractivity contribution is -0.385. The van der Waals surface area contributed by atoms with E-state index in [1.807, 2.05) is 0 Å². The zero-order chi connectivity index (χ0) is 16.6. The van der Waals surface area contributed by atoms with Crippen LogP contribution in [-0.2, 0) is 12.8 Å². The number of hydrogen-bond donors (Lipinski definition) is 1. The molecular weight excluding hydrogens is 314 g/mol. The molecule has 0 atom stereocenters. The summed E-state index contributed by atoms with van der Waals surface area (Å²) in [6.45, 7) is 1.62. The van der Waals surface area contributed by atoms with Crippen LogP contribution in [0, 0.1) is 28.4 Å². The molecule has 7 heteroatoms. The third-order valence-electron chi connectivity index (χ3n) is 3.93. The Bertz CT molecular complexity index is 864. The Morgan fingerprint density at radius 2 is 2.22 bits per heavy atom. The fourth-order valence-electron chi connectivity index (χ4n) is 2.73. The number of nitriles is 1. The minimum atomic E-state index is -0.507. The lowest BCUT2D eigenvalue weighted by Crippen LogP contribution is -2.12. The summed E-state index contributed by atoms with van der Waals surface area (Å²) in [4.78, 5) is 24.0. The van der Waals surface area contributed by atoms with Crippen molar-refractivity contribution in [3.63, 3.8) is 0 Å². The number of amides is 1. The van der Waals surface area contributed by atoms with E-state index in [9.17, 15) is 20.2 Å². The van der Waals surface area contributed by atoms with Crippen LogP contribution in [0.5, 0.6) is 0 Å².